The molecule has 4 nitrogen and oxygen atoms in total. The van der Waals surface area contributed by atoms with E-state index in [0.717, 1.165) is 34.9 Å². The molecule has 3 aromatic carbocycles. The summed E-state index contributed by atoms with van der Waals surface area (Å²) in [6.45, 7) is 3.46. The summed E-state index contributed by atoms with van der Waals surface area (Å²) < 4.78 is 43.4. The average molecular weight is 419 g/mol. The summed E-state index contributed by atoms with van der Waals surface area (Å²) >= 11 is 0. The molecule has 1 saturated heterocycles. The molecular formula is C25H21F2N2O2+. The van der Waals surface area contributed by atoms with Gasteiger partial charge >= 0.3 is 0 Å². The predicted molar refractivity (Wildman–Crippen MR) is 114 cm³/mol. The van der Waals surface area contributed by atoms with Gasteiger partial charge in [-0.25, -0.2) is 4.39 Å². The molecule has 31 heavy (non-hydrogen) atoms. The lowest BCUT2D eigenvalue weighted by atomic mass is 9.95. The molecule has 6 rings (SSSR count). The van der Waals surface area contributed by atoms with Crippen LogP contribution in [0.3, 0.4) is 0 Å². The molecule has 3 heterocycles. The second kappa shape index (κ2) is 6.97. The van der Waals surface area contributed by atoms with E-state index in [1.54, 1.807) is 6.07 Å². The summed E-state index contributed by atoms with van der Waals surface area (Å²) in [5.74, 6) is 0.680. The maximum atomic E-state index is 15.9. The van der Waals surface area contributed by atoms with Gasteiger partial charge in [0.15, 0.2) is 5.82 Å². The molecule has 0 unspecified atom stereocenters. The number of rotatable bonds is 2. The number of hydrogen-bond donors (Lipinski definition) is 0. The van der Waals surface area contributed by atoms with Crippen LogP contribution in [-0.4, -0.2) is 31.2 Å². The minimum absolute atomic E-state index is 0.237. The number of halogens is 2. The molecule has 6 heteroatoms. The molecule has 1 aromatic heterocycles. The number of nitrogens with zero attached hydrogens (tertiary/aromatic N) is 2. The van der Waals surface area contributed by atoms with E-state index in [2.05, 4.69) is 4.90 Å². The molecule has 1 fully saturated rings. The van der Waals surface area contributed by atoms with Gasteiger partial charge in [-0.15, -0.1) is 0 Å². The number of aryl methyl sites for hydroxylation is 1. The van der Waals surface area contributed by atoms with E-state index >= 15 is 4.39 Å². The number of morpholine rings is 1. The molecule has 0 bridgehead atoms. The van der Waals surface area contributed by atoms with Crippen LogP contribution >= 0.6 is 0 Å². The molecule has 0 radical (unpaired) electrons. The van der Waals surface area contributed by atoms with Crippen LogP contribution in [0.15, 0.2) is 48.5 Å². The maximum absolute atomic E-state index is 15.9. The van der Waals surface area contributed by atoms with E-state index in [-0.39, 0.29) is 11.6 Å². The highest BCUT2D eigenvalue weighted by Crippen LogP contribution is 2.46. The van der Waals surface area contributed by atoms with Gasteiger partial charge in [0, 0.05) is 30.6 Å². The quantitative estimate of drug-likeness (QED) is 0.306. The van der Waals surface area contributed by atoms with Crippen molar-refractivity contribution in [3.05, 3.63) is 65.7 Å². The smallest absolute Gasteiger partial charge is 0.249 e. The van der Waals surface area contributed by atoms with Crippen molar-refractivity contribution in [3.8, 4) is 22.8 Å². The van der Waals surface area contributed by atoms with Crippen molar-refractivity contribution < 1.29 is 22.8 Å². The second-order valence-electron chi connectivity index (χ2n) is 8.15. The van der Waals surface area contributed by atoms with Crippen LogP contribution in [-0.2, 0) is 18.3 Å². The summed E-state index contributed by atoms with van der Waals surface area (Å²) in [5.41, 5.74) is 2.56. The first-order valence-electron chi connectivity index (χ1n) is 10.5. The van der Waals surface area contributed by atoms with Crippen molar-refractivity contribution in [3.63, 3.8) is 0 Å². The monoisotopic (exact) mass is 419 g/mol. The van der Waals surface area contributed by atoms with Gasteiger partial charge in [0.2, 0.25) is 11.2 Å². The topological polar surface area (TPSA) is 25.6 Å². The van der Waals surface area contributed by atoms with Gasteiger partial charge in [0.25, 0.3) is 0 Å². The average Bonchev–Trinajstić information content (AvgIpc) is 2.78. The molecule has 0 N–H and O–H groups in total. The largest absolute Gasteiger partial charge is 0.456 e. The lowest BCUT2D eigenvalue weighted by Crippen LogP contribution is -2.37. The van der Waals surface area contributed by atoms with Crippen molar-refractivity contribution in [2.24, 2.45) is 7.05 Å². The fourth-order valence-corrected chi connectivity index (χ4v) is 4.85. The van der Waals surface area contributed by atoms with Crippen molar-refractivity contribution in [1.82, 2.24) is 4.90 Å². The predicted octanol–water partition coefficient (Wildman–Crippen LogP) is 4.70. The SMILES string of the molecule is C[n+]1c2c3c(cccc3c3ccc(CN4CCOCC4)c(F)c31)Oc1ccc(F)cc1-2. The van der Waals surface area contributed by atoms with Gasteiger partial charge in [0.1, 0.15) is 24.4 Å². The Hall–Kier alpha value is -3.09. The summed E-state index contributed by atoms with van der Waals surface area (Å²) in [5, 5.41) is 2.58. The molecule has 0 saturated carbocycles. The molecule has 0 atom stereocenters. The minimum atomic E-state index is -0.350. The third-order valence-corrected chi connectivity index (χ3v) is 6.33. The van der Waals surface area contributed by atoms with Crippen LogP contribution < -0.4 is 9.30 Å². The second-order valence-corrected chi connectivity index (χ2v) is 8.15. The standard InChI is InChI=1S/C25H21F2N2O2/c1-28-24-19-13-16(26)6-8-20(19)31-21-4-2-3-17(22(21)24)18-7-5-15(23(27)25(18)28)14-29-9-11-30-12-10-29/h2-8,13H,9-12,14H2,1H3/q+1. The van der Waals surface area contributed by atoms with Crippen molar-refractivity contribution >= 4 is 21.7 Å². The third kappa shape index (κ3) is 2.82. The van der Waals surface area contributed by atoms with Crippen LogP contribution in [0.25, 0.3) is 32.9 Å². The Morgan fingerprint density at radius 1 is 0.968 bits per heavy atom. The number of fused-ring (bicyclic) bond motifs is 4. The van der Waals surface area contributed by atoms with Gasteiger partial charge in [-0.3, -0.25) is 4.90 Å². The van der Waals surface area contributed by atoms with E-state index in [4.69, 9.17) is 9.47 Å². The molecule has 0 spiro atoms. The number of pyridine rings is 1. The van der Waals surface area contributed by atoms with Crippen LogP contribution in [0, 0.1) is 11.6 Å². The Morgan fingerprint density at radius 2 is 1.81 bits per heavy atom. The Kier molecular flexibility index (Phi) is 4.20. The number of aromatic nitrogens is 1. The van der Waals surface area contributed by atoms with E-state index in [1.807, 2.05) is 41.9 Å². The molecular weight excluding hydrogens is 398 g/mol. The Labute approximate surface area is 178 Å². The Bertz CT molecular complexity index is 1360. The summed E-state index contributed by atoms with van der Waals surface area (Å²) in [6.07, 6.45) is 0. The fourth-order valence-electron chi connectivity index (χ4n) is 4.85. The summed E-state index contributed by atoms with van der Waals surface area (Å²) in [4.78, 5) is 2.20. The van der Waals surface area contributed by atoms with Gasteiger partial charge in [-0.05, 0) is 30.3 Å². The summed E-state index contributed by atoms with van der Waals surface area (Å²) in [6, 6.07) is 14.1. The van der Waals surface area contributed by atoms with Gasteiger partial charge < -0.3 is 9.47 Å². The first-order valence-corrected chi connectivity index (χ1v) is 10.5. The van der Waals surface area contributed by atoms with Crippen LogP contribution in [0.1, 0.15) is 5.56 Å². The van der Waals surface area contributed by atoms with Crippen LogP contribution in [0.2, 0.25) is 0 Å². The van der Waals surface area contributed by atoms with Crippen LogP contribution in [0.4, 0.5) is 8.78 Å². The zero-order valence-electron chi connectivity index (χ0n) is 17.1. The van der Waals surface area contributed by atoms with E-state index < -0.39 is 0 Å². The van der Waals surface area contributed by atoms with Crippen molar-refractivity contribution in [1.29, 1.82) is 0 Å². The van der Waals surface area contributed by atoms with Gasteiger partial charge in [-0.1, -0.05) is 18.2 Å². The molecule has 2 aliphatic heterocycles. The maximum Gasteiger partial charge on any atom is 0.249 e. The highest BCUT2D eigenvalue weighted by molar-refractivity contribution is 6.12. The molecule has 156 valence electrons. The lowest BCUT2D eigenvalue weighted by molar-refractivity contribution is -0.633. The lowest BCUT2D eigenvalue weighted by Gasteiger charge is -2.26. The minimum Gasteiger partial charge on any atom is -0.456 e. The van der Waals surface area contributed by atoms with E-state index in [9.17, 15) is 4.39 Å². The Balaban J connectivity index is 1.64. The molecule has 0 aliphatic carbocycles. The molecule has 2 aliphatic rings. The zero-order chi connectivity index (χ0) is 21.1. The molecule has 4 aromatic rings. The van der Waals surface area contributed by atoms with Gasteiger partial charge in [0.05, 0.1) is 29.5 Å². The number of ether oxygens (including phenoxy) is 2. The first-order chi connectivity index (χ1) is 15.1. The van der Waals surface area contributed by atoms with E-state index in [0.29, 0.717) is 47.9 Å². The zero-order valence-corrected chi connectivity index (χ0v) is 17.1. The number of hydrogen-bond acceptors (Lipinski definition) is 3. The highest BCUT2D eigenvalue weighted by atomic mass is 19.1. The Morgan fingerprint density at radius 3 is 2.65 bits per heavy atom. The van der Waals surface area contributed by atoms with Crippen LogP contribution in [0.5, 0.6) is 11.5 Å². The molecule has 0 amide bonds. The van der Waals surface area contributed by atoms with Gasteiger partial charge in [-0.2, -0.15) is 8.96 Å². The summed E-state index contributed by atoms with van der Waals surface area (Å²) in [7, 11) is 1.84. The van der Waals surface area contributed by atoms with E-state index in [1.165, 1.54) is 12.1 Å². The normalized spacial score (nSPS) is 15.8. The third-order valence-electron chi connectivity index (χ3n) is 6.33. The van der Waals surface area contributed by atoms with Crippen molar-refractivity contribution in [2.75, 3.05) is 26.3 Å². The highest BCUT2D eigenvalue weighted by Gasteiger charge is 2.32. The number of benzene rings is 3. The van der Waals surface area contributed by atoms with Crippen molar-refractivity contribution in [2.45, 2.75) is 6.54 Å². The first kappa shape index (κ1) is 18.7. The fraction of sp³-hybridized carbons (Fsp3) is 0.240.